The zero-order chi connectivity index (χ0) is 21.0. The number of hydrogen-bond acceptors (Lipinski definition) is 5. The van der Waals surface area contributed by atoms with Gasteiger partial charge in [-0.1, -0.05) is 12.1 Å². The molecule has 0 saturated heterocycles. The number of benzene rings is 2. The molecule has 2 aromatic carbocycles. The molecule has 1 aromatic heterocycles. The van der Waals surface area contributed by atoms with Crippen LogP contribution in [-0.2, 0) is 12.8 Å². The molecule has 0 radical (unpaired) electrons. The summed E-state index contributed by atoms with van der Waals surface area (Å²) < 4.78 is 49.6. The van der Waals surface area contributed by atoms with Gasteiger partial charge in [-0.15, -0.1) is 0 Å². The number of alkyl halides is 3. The molecule has 148 valence electrons. The lowest BCUT2D eigenvalue weighted by molar-refractivity contribution is -0.137. The number of halogens is 4. The van der Waals surface area contributed by atoms with Crippen molar-refractivity contribution in [3.63, 3.8) is 0 Å². The van der Waals surface area contributed by atoms with E-state index >= 15 is 0 Å². The van der Waals surface area contributed by atoms with Gasteiger partial charge in [0.15, 0.2) is 0 Å². The van der Waals surface area contributed by atoms with E-state index in [9.17, 15) is 18.4 Å². The first kappa shape index (κ1) is 20.4. The third-order valence-corrected chi connectivity index (χ3v) is 4.01. The molecule has 29 heavy (non-hydrogen) atoms. The van der Waals surface area contributed by atoms with Crippen LogP contribution in [0.2, 0.25) is 5.28 Å². The monoisotopic (exact) mass is 419 g/mol. The first-order chi connectivity index (χ1) is 13.8. The highest BCUT2D eigenvalue weighted by Crippen LogP contribution is 2.33. The van der Waals surface area contributed by atoms with E-state index in [1.165, 1.54) is 30.5 Å². The quantitative estimate of drug-likeness (QED) is 0.496. The predicted molar refractivity (Wildman–Crippen MR) is 98.8 cm³/mol. The van der Waals surface area contributed by atoms with E-state index in [2.05, 4.69) is 9.97 Å². The van der Waals surface area contributed by atoms with Gasteiger partial charge in [0.2, 0.25) is 11.2 Å². The summed E-state index contributed by atoms with van der Waals surface area (Å²) in [4.78, 5) is 7.82. The van der Waals surface area contributed by atoms with Gasteiger partial charge in [-0.25, -0.2) is 4.98 Å². The fourth-order valence-electron chi connectivity index (χ4n) is 2.41. The molecule has 0 fully saturated rings. The van der Waals surface area contributed by atoms with E-state index in [1.54, 1.807) is 13.0 Å². The summed E-state index contributed by atoms with van der Waals surface area (Å²) in [5.41, 5.74) is 0.657. The summed E-state index contributed by atoms with van der Waals surface area (Å²) >= 11 is 5.75. The Bertz CT molecular complexity index is 1080. The van der Waals surface area contributed by atoms with E-state index < -0.39 is 11.7 Å². The van der Waals surface area contributed by atoms with Crippen LogP contribution in [-0.4, -0.2) is 9.97 Å². The molecule has 5 nitrogen and oxygen atoms in total. The van der Waals surface area contributed by atoms with E-state index in [0.29, 0.717) is 17.0 Å². The average Bonchev–Trinajstić information content (AvgIpc) is 2.69. The van der Waals surface area contributed by atoms with Crippen LogP contribution in [0.1, 0.15) is 22.3 Å². The van der Waals surface area contributed by atoms with Gasteiger partial charge in [0.05, 0.1) is 11.1 Å². The van der Waals surface area contributed by atoms with Crippen molar-refractivity contribution in [2.75, 3.05) is 0 Å². The molecule has 0 aliphatic rings. The van der Waals surface area contributed by atoms with Gasteiger partial charge in [0, 0.05) is 11.8 Å². The summed E-state index contributed by atoms with van der Waals surface area (Å²) in [6.07, 6.45) is -2.96. The standard InChI is InChI=1S/C20H13ClF3N3O2/c1-12-10-26-19(21)27-18(12)28-11-13-5-6-17(14(7-13)9-25)29-16-4-2-3-15(8-16)20(22,23)24/h2-8,10H,11H2,1H3. The molecule has 0 unspecified atom stereocenters. The molecule has 0 bridgehead atoms. The third kappa shape index (κ3) is 5.15. The summed E-state index contributed by atoms with van der Waals surface area (Å²) in [6.45, 7) is 1.87. The van der Waals surface area contributed by atoms with Crippen LogP contribution >= 0.6 is 11.6 Å². The Hall–Kier alpha value is -3.31. The topological polar surface area (TPSA) is 68.0 Å². The molecule has 0 aliphatic heterocycles. The first-order valence-corrected chi connectivity index (χ1v) is 8.64. The zero-order valence-electron chi connectivity index (χ0n) is 15.0. The molecular formula is C20H13ClF3N3O2. The number of aryl methyl sites for hydroxylation is 1. The van der Waals surface area contributed by atoms with E-state index in [1.807, 2.05) is 6.07 Å². The number of aromatic nitrogens is 2. The van der Waals surface area contributed by atoms with Crippen molar-refractivity contribution >= 4 is 11.6 Å². The highest BCUT2D eigenvalue weighted by Gasteiger charge is 2.30. The highest BCUT2D eigenvalue weighted by atomic mass is 35.5. The second-order valence-electron chi connectivity index (χ2n) is 5.99. The third-order valence-electron chi connectivity index (χ3n) is 3.83. The molecular weight excluding hydrogens is 407 g/mol. The Balaban J connectivity index is 1.77. The molecule has 0 aliphatic carbocycles. The second-order valence-corrected chi connectivity index (χ2v) is 6.32. The molecule has 1 heterocycles. The highest BCUT2D eigenvalue weighted by molar-refractivity contribution is 6.28. The van der Waals surface area contributed by atoms with Gasteiger partial charge in [0.1, 0.15) is 24.2 Å². The van der Waals surface area contributed by atoms with Crippen molar-refractivity contribution in [1.29, 1.82) is 5.26 Å². The van der Waals surface area contributed by atoms with Gasteiger partial charge < -0.3 is 9.47 Å². The van der Waals surface area contributed by atoms with Crippen molar-refractivity contribution in [2.24, 2.45) is 0 Å². The lowest BCUT2D eigenvalue weighted by atomic mass is 10.1. The van der Waals surface area contributed by atoms with Gasteiger partial charge in [-0.2, -0.15) is 23.4 Å². The maximum atomic E-state index is 12.8. The van der Waals surface area contributed by atoms with Crippen LogP contribution in [0.15, 0.2) is 48.7 Å². The fraction of sp³-hybridized carbons (Fsp3) is 0.150. The maximum Gasteiger partial charge on any atom is 0.416 e. The lowest BCUT2D eigenvalue weighted by Crippen LogP contribution is -2.04. The number of nitrogens with zero attached hydrogens (tertiary/aromatic N) is 3. The molecule has 9 heteroatoms. The molecule has 0 amide bonds. The SMILES string of the molecule is Cc1cnc(Cl)nc1OCc1ccc(Oc2cccc(C(F)(F)F)c2)c(C#N)c1. The van der Waals surface area contributed by atoms with Crippen LogP contribution in [0.5, 0.6) is 17.4 Å². The predicted octanol–water partition coefficient (Wildman–Crippen LogP) is 5.70. The van der Waals surface area contributed by atoms with Crippen molar-refractivity contribution in [1.82, 2.24) is 9.97 Å². The van der Waals surface area contributed by atoms with Crippen LogP contribution in [0.4, 0.5) is 13.2 Å². The summed E-state index contributed by atoms with van der Waals surface area (Å²) in [6, 6.07) is 11.1. The first-order valence-electron chi connectivity index (χ1n) is 8.26. The Morgan fingerprint density at radius 1 is 1.17 bits per heavy atom. The van der Waals surface area contributed by atoms with Crippen molar-refractivity contribution in [3.8, 4) is 23.4 Å². The van der Waals surface area contributed by atoms with Crippen LogP contribution in [0, 0.1) is 18.3 Å². The van der Waals surface area contributed by atoms with E-state index in [4.69, 9.17) is 21.1 Å². The molecule has 0 atom stereocenters. The van der Waals surface area contributed by atoms with Gasteiger partial charge in [0.25, 0.3) is 0 Å². The van der Waals surface area contributed by atoms with Crippen molar-refractivity contribution < 1.29 is 22.6 Å². The number of hydrogen-bond donors (Lipinski definition) is 0. The maximum absolute atomic E-state index is 12.8. The molecule has 3 rings (SSSR count). The minimum atomic E-state index is -4.49. The Morgan fingerprint density at radius 2 is 1.97 bits per heavy atom. The van der Waals surface area contributed by atoms with Crippen LogP contribution in [0.3, 0.4) is 0 Å². The Morgan fingerprint density at radius 3 is 2.69 bits per heavy atom. The van der Waals surface area contributed by atoms with Crippen LogP contribution < -0.4 is 9.47 Å². The fourth-order valence-corrected chi connectivity index (χ4v) is 2.54. The van der Waals surface area contributed by atoms with Gasteiger partial charge >= 0.3 is 6.18 Å². The zero-order valence-corrected chi connectivity index (χ0v) is 15.8. The van der Waals surface area contributed by atoms with Crippen molar-refractivity contribution in [3.05, 3.63) is 76.2 Å². The minimum absolute atomic E-state index is 0.0217. The normalized spacial score (nSPS) is 11.0. The van der Waals surface area contributed by atoms with Crippen LogP contribution in [0.25, 0.3) is 0 Å². The molecule has 0 N–H and O–H groups in total. The largest absolute Gasteiger partial charge is 0.472 e. The number of rotatable bonds is 5. The number of nitriles is 1. The van der Waals surface area contributed by atoms with Gasteiger partial charge in [-0.05, 0) is 54.4 Å². The lowest BCUT2D eigenvalue weighted by Gasteiger charge is -2.12. The average molecular weight is 420 g/mol. The smallest absolute Gasteiger partial charge is 0.416 e. The molecule has 0 spiro atoms. The van der Waals surface area contributed by atoms with Crippen molar-refractivity contribution in [2.45, 2.75) is 19.7 Å². The molecule has 3 aromatic rings. The van der Waals surface area contributed by atoms with E-state index in [0.717, 1.165) is 12.1 Å². The Labute approximate surface area is 169 Å². The number of ether oxygens (including phenoxy) is 2. The molecule has 0 saturated carbocycles. The second kappa shape index (κ2) is 8.37. The summed E-state index contributed by atoms with van der Waals surface area (Å²) in [5.74, 6) is 0.427. The summed E-state index contributed by atoms with van der Waals surface area (Å²) in [5, 5.41) is 9.43. The Kier molecular flexibility index (Phi) is 5.89. The minimum Gasteiger partial charge on any atom is -0.472 e. The van der Waals surface area contributed by atoms with Gasteiger partial charge in [-0.3, -0.25) is 0 Å². The summed E-state index contributed by atoms with van der Waals surface area (Å²) in [7, 11) is 0. The van der Waals surface area contributed by atoms with E-state index in [-0.39, 0.29) is 29.0 Å².